The van der Waals surface area contributed by atoms with Crippen molar-refractivity contribution in [3.63, 3.8) is 0 Å². The van der Waals surface area contributed by atoms with E-state index in [-0.39, 0.29) is 25.1 Å². The lowest BCUT2D eigenvalue weighted by Crippen LogP contribution is -2.36. The molecule has 2 rings (SSSR count). The van der Waals surface area contributed by atoms with Crippen LogP contribution in [0.3, 0.4) is 0 Å². The van der Waals surface area contributed by atoms with Crippen LogP contribution in [0.5, 0.6) is 0 Å². The molecule has 0 amide bonds. The average Bonchev–Trinajstić information content (AvgIpc) is 3.54. The van der Waals surface area contributed by atoms with Crippen LogP contribution in [0.1, 0.15) is 123 Å². The largest absolute Gasteiger partial charge is 0.481 e. The monoisotopic (exact) mass is 985 g/mol. The third kappa shape index (κ3) is 27.7. The summed E-state index contributed by atoms with van der Waals surface area (Å²) in [5, 5.41) is 30.9. The quantitative estimate of drug-likeness (QED) is 0.0127. The van der Waals surface area contributed by atoms with E-state index in [9.17, 15) is 48.6 Å². The molecule has 0 saturated carbocycles. The maximum atomic E-state index is 12.8. The fourth-order valence-corrected chi connectivity index (χ4v) is 8.36. The first kappa shape index (κ1) is 59.3. The van der Waals surface area contributed by atoms with Crippen molar-refractivity contribution in [2.75, 3.05) is 25.6 Å². The molecule has 1 fully saturated rings. The van der Waals surface area contributed by atoms with Gasteiger partial charge < -0.3 is 45.1 Å². The number of aliphatic hydroxyl groups excluding tert-OH is 3. The topological polar surface area (TPSA) is 286 Å². The van der Waals surface area contributed by atoms with Crippen LogP contribution in [0.4, 0.5) is 5.82 Å². The zero-order valence-electron chi connectivity index (χ0n) is 38.9. The van der Waals surface area contributed by atoms with E-state index in [1.807, 2.05) is 42.5 Å². The van der Waals surface area contributed by atoms with Gasteiger partial charge in [-0.25, -0.2) is 13.9 Å². The lowest BCUT2D eigenvalue weighted by atomic mass is 10.0. The Morgan fingerprint density at radius 2 is 1.48 bits per heavy atom. The smallest absolute Gasteiger partial charge is 0.462 e. The zero-order valence-corrected chi connectivity index (χ0v) is 40.7. The molecule has 0 aromatic carbocycles. The number of allylic oxidation sites excluding steroid dienone is 10. The molecule has 1 aliphatic rings. The Labute approximate surface area is 394 Å². The molecule has 2 heterocycles. The first-order chi connectivity index (χ1) is 31.9. The maximum absolute atomic E-state index is 12.8. The number of rotatable bonds is 35. The minimum atomic E-state index is -5.45. The highest BCUT2D eigenvalue weighted by Crippen LogP contribution is 2.60. The van der Waals surface area contributed by atoms with Crippen molar-refractivity contribution in [1.82, 2.24) is 9.55 Å². The van der Waals surface area contributed by atoms with Crippen LogP contribution >= 0.6 is 15.6 Å². The molecule has 8 atom stereocenters. The van der Waals surface area contributed by atoms with E-state index in [4.69, 9.17) is 29.0 Å². The highest BCUT2D eigenvalue weighted by Gasteiger charge is 2.46. The number of nitrogens with two attached hydrogens (primary N) is 1. The second-order valence-electron chi connectivity index (χ2n) is 16.2. The Balaban J connectivity index is 1.87. The van der Waals surface area contributed by atoms with Crippen molar-refractivity contribution in [3.05, 3.63) is 95.7 Å². The molecular weight excluding hydrogens is 912 g/mol. The number of aliphatic hydroxyl groups is 3. The first-order valence-electron chi connectivity index (χ1n) is 22.9. The number of carbonyl (C=O) groups is 2. The summed E-state index contributed by atoms with van der Waals surface area (Å²) in [6.07, 6.45) is 26.6. The van der Waals surface area contributed by atoms with Crippen molar-refractivity contribution >= 4 is 33.4 Å². The van der Waals surface area contributed by atoms with Crippen LogP contribution < -0.4 is 11.4 Å². The second-order valence-corrected chi connectivity index (χ2v) is 19.2. The van der Waals surface area contributed by atoms with Crippen LogP contribution in [0.2, 0.25) is 0 Å². The molecule has 1 aliphatic heterocycles. The van der Waals surface area contributed by atoms with Gasteiger partial charge >= 0.3 is 33.3 Å². The van der Waals surface area contributed by atoms with Gasteiger partial charge in [0.15, 0.2) is 12.3 Å². The Kier molecular flexibility index (Phi) is 29.7. The van der Waals surface area contributed by atoms with E-state index in [0.717, 1.165) is 55.7 Å². The highest BCUT2D eigenvalue weighted by molar-refractivity contribution is 7.61. The normalized spacial score (nSPS) is 20.8. The van der Waals surface area contributed by atoms with Gasteiger partial charge in [-0.2, -0.15) is 9.29 Å². The molecule has 19 nitrogen and oxygen atoms in total. The summed E-state index contributed by atoms with van der Waals surface area (Å²) in [6.45, 7) is 4.04. The van der Waals surface area contributed by atoms with Gasteiger partial charge in [-0.3, -0.25) is 23.2 Å². The number of carbonyl (C=O) groups excluding carboxylic acids is 2. The van der Waals surface area contributed by atoms with Gasteiger partial charge in [-0.1, -0.05) is 132 Å². The van der Waals surface area contributed by atoms with E-state index in [1.165, 1.54) is 12.5 Å². The highest BCUT2D eigenvalue weighted by atomic mass is 31.3. The molecule has 1 saturated heterocycles. The number of phosphoric ester groups is 2. The zero-order chi connectivity index (χ0) is 49.5. The third-order valence-electron chi connectivity index (χ3n) is 9.83. The first-order valence-corrected chi connectivity index (χ1v) is 25.9. The number of anilines is 1. The van der Waals surface area contributed by atoms with Crippen molar-refractivity contribution < 1.29 is 71.4 Å². The van der Waals surface area contributed by atoms with Gasteiger partial charge in [0.1, 0.15) is 30.7 Å². The molecule has 0 spiro atoms. The van der Waals surface area contributed by atoms with Crippen LogP contribution in [0.25, 0.3) is 0 Å². The molecule has 0 bridgehead atoms. The van der Waals surface area contributed by atoms with Gasteiger partial charge in [0.2, 0.25) is 0 Å². The van der Waals surface area contributed by atoms with Gasteiger partial charge in [-0.15, -0.1) is 0 Å². The predicted octanol–water partition coefficient (Wildman–Crippen LogP) is 7.38. The number of nitrogen functional groups attached to an aromatic ring is 1. The molecule has 1 aromatic heterocycles. The summed E-state index contributed by atoms with van der Waals surface area (Å²) >= 11 is 0. The van der Waals surface area contributed by atoms with E-state index in [2.05, 4.69) is 42.2 Å². The van der Waals surface area contributed by atoms with Gasteiger partial charge in [0.25, 0.3) is 0 Å². The SMILES string of the molecule is CC/C=C\C/C=C\CC(O)/C=C/C=C\C/C=C\C/C=C\CCC(=O)O[C@H](COC(=O)CCCCCCCCC(C)C)COP(=O)(O)OP(=O)(O)OC[C@H]1O[C@@H](n2ccc(N)nc2=O)[C@H](O)[C@@H]1O. The Bertz CT molecular complexity index is 1930. The molecule has 67 heavy (non-hydrogen) atoms. The number of hydrogen-bond acceptors (Lipinski definition) is 16. The molecule has 3 unspecified atom stereocenters. The lowest BCUT2D eigenvalue weighted by Gasteiger charge is -2.21. The number of nitrogens with zero attached hydrogens (tertiary/aromatic N) is 2. The van der Waals surface area contributed by atoms with E-state index < -0.39 is 89.8 Å². The van der Waals surface area contributed by atoms with Crippen LogP contribution in [0.15, 0.2) is 90.0 Å². The predicted molar refractivity (Wildman–Crippen MR) is 253 cm³/mol. The van der Waals surface area contributed by atoms with Crippen molar-refractivity contribution in [2.45, 2.75) is 154 Å². The Morgan fingerprint density at radius 1 is 0.836 bits per heavy atom. The fourth-order valence-electron chi connectivity index (χ4n) is 6.25. The van der Waals surface area contributed by atoms with Crippen LogP contribution in [-0.4, -0.2) is 96.9 Å². The number of aromatic nitrogens is 2. The van der Waals surface area contributed by atoms with Crippen LogP contribution in [0, 0.1) is 5.92 Å². The summed E-state index contributed by atoms with van der Waals surface area (Å²) in [7, 11) is -10.9. The van der Waals surface area contributed by atoms with Gasteiger partial charge in [-0.05, 0) is 56.9 Å². The van der Waals surface area contributed by atoms with E-state index in [0.29, 0.717) is 31.6 Å². The Morgan fingerprint density at radius 3 is 2.18 bits per heavy atom. The standard InChI is InChI=1S/C46H73N3O16P2/c1-4-5-6-7-17-22-27-37(50)28-23-18-12-10-8-9-11-13-20-25-30-42(52)63-38(33-60-41(51)29-24-19-15-14-16-21-26-36(2)3)34-61-66(56,57)65-67(58,59)62-35-39-43(53)44(54)45(64-39)49-32-31-40(47)48-46(49)55/h5-6,8-9,12-13,17-18,20,22-23,28,31-32,36-39,43-45,50,53-54H,4,7,10-11,14-16,19,21,24-27,29-30,33-35H2,1-3H3,(H,56,57)(H,58,59)(H2,47,48,55)/b6-5-,9-8-,18-12-,20-13-,22-17-,28-23+/t37?,38-,39-,43-,44-,45-/m1/s1. The summed E-state index contributed by atoms with van der Waals surface area (Å²) in [6, 6.07) is 1.24. The van der Waals surface area contributed by atoms with E-state index >= 15 is 0 Å². The number of esters is 2. The second kappa shape index (κ2) is 33.6. The van der Waals surface area contributed by atoms with Gasteiger partial charge in [0, 0.05) is 19.0 Å². The summed E-state index contributed by atoms with van der Waals surface area (Å²) < 4.78 is 56.4. The summed E-state index contributed by atoms with van der Waals surface area (Å²) in [5.74, 6) is -0.787. The fraction of sp³-hybridized carbons (Fsp3) is 0.609. The lowest BCUT2D eigenvalue weighted by molar-refractivity contribution is -0.161. The number of phosphoric acid groups is 2. The molecular formula is C46H73N3O16P2. The van der Waals surface area contributed by atoms with E-state index in [1.54, 1.807) is 18.2 Å². The molecule has 21 heteroatoms. The minimum Gasteiger partial charge on any atom is -0.462 e. The average molecular weight is 986 g/mol. The molecule has 378 valence electrons. The van der Waals surface area contributed by atoms with Crippen LogP contribution in [-0.2, 0) is 46.3 Å². The molecule has 0 radical (unpaired) electrons. The van der Waals surface area contributed by atoms with Crippen molar-refractivity contribution in [1.29, 1.82) is 0 Å². The third-order valence-corrected chi connectivity index (χ3v) is 12.4. The maximum Gasteiger partial charge on any atom is 0.481 e. The summed E-state index contributed by atoms with van der Waals surface area (Å²) in [5.41, 5.74) is 4.56. The van der Waals surface area contributed by atoms with Crippen molar-refractivity contribution in [2.24, 2.45) is 5.92 Å². The Hall–Kier alpha value is -3.84. The number of hydrogen-bond donors (Lipinski definition) is 6. The molecule has 0 aliphatic carbocycles. The molecule has 1 aromatic rings. The number of unbranched alkanes of at least 4 members (excludes halogenated alkanes) is 5. The summed E-state index contributed by atoms with van der Waals surface area (Å²) in [4.78, 5) is 61.6. The van der Waals surface area contributed by atoms with Crippen molar-refractivity contribution in [3.8, 4) is 0 Å². The minimum absolute atomic E-state index is 0.0947. The molecule has 7 N–H and O–H groups in total. The van der Waals surface area contributed by atoms with Gasteiger partial charge in [0.05, 0.1) is 19.3 Å². The number of ether oxygens (including phenoxy) is 3.